The first kappa shape index (κ1) is 33.0. The van der Waals surface area contributed by atoms with Gasteiger partial charge in [-0.1, -0.05) is 6.07 Å². The molecule has 1 fully saturated rings. The number of piperazine rings is 1. The first-order valence-electron chi connectivity index (χ1n) is 16.2. The lowest BCUT2D eigenvalue weighted by Crippen LogP contribution is -2.48. The van der Waals surface area contributed by atoms with Gasteiger partial charge in [0.15, 0.2) is 11.5 Å². The zero-order valence-electron chi connectivity index (χ0n) is 27.4. The van der Waals surface area contributed by atoms with E-state index in [0.717, 1.165) is 71.9 Å². The van der Waals surface area contributed by atoms with Crippen molar-refractivity contribution < 1.29 is 37.0 Å². The maximum Gasteiger partial charge on any atom is 0.416 e. The van der Waals surface area contributed by atoms with E-state index >= 15 is 0 Å². The number of fused-ring (bicyclic) bond motifs is 2. The van der Waals surface area contributed by atoms with Gasteiger partial charge in [0.05, 0.1) is 17.4 Å². The molecule has 1 saturated heterocycles. The lowest BCUT2D eigenvalue weighted by Gasteiger charge is -2.35. The molecule has 0 radical (unpaired) electrons. The fourth-order valence-electron chi connectivity index (χ4n) is 6.26. The van der Waals surface area contributed by atoms with Crippen LogP contribution in [0.25, 0.3) is 10.9 Å². The number of hydrogen-bond acceptors (Lipinski definition) is 7. The van der Waals surface area contributed by atoms with Gasteiger partial charge in [-0.25, -0.2) is 4.98 Å². The van der Waals surface area contributed by atoms with E-state index in [-0.39, 0.29) is 24.1 Å². The van der Waals surface area contributed by atoms with E-state index in [0.29, 0.717) is 36.8 Å². The minimum absolute atomic E-state index is 0.0135. The van der Waals surface area contributed by atoms with Crippen molar-refractivity contribution in [3.05, 3.63) is 107 Å². The summed E-state index contributed by atoms with van der Waals surface area (Å²) in [6, 6.07) is 20.8. The Morgan fingerprint density at radius 2 is 1.66 bits per heavy atom. The van der Waals surface area contributed by atoms with Crippen LogP contribution in [0.1, 0.15) is 38.9 Å². The van der Waals surface area contributed by atoms with Gasteiger partial charge >= 0.3 is 6.18 Å². The smallest absolute Gasteiger partial charge is 0.416 e. The number of amides is 2. The molecule has 2 aromatic heterocycles. The van der Waals surface area contributed by atoms with Crippen LogP contribution in [0.15, 0.2) is 85.1 Å². The third-order valence-corrected chi connectivity index (χ3v) is 9.01. The van der Waals surface area contributed by atoms with Crippen molar-refractivity contribution in [2.75, 3.05) is 44.9 Å². The normalized spacial score (nSPS) is 14.6. The van der Waals surface area contributed by atoms with Crippen LogP contribution in [-0.4, -0.2) is 71.2 Å². The molecule has 0 spiro atoms. The van der Waals surface area contributed by atoms with Gasteiger partial charge in [0.1, 0.15) is 11.4 Å². The van der Waals surface area contributed by atoms with Crippen LogP contribution in [0, 0.1) is 0 Å². The number of ether oxygens (including phenoxy) is 3. The first-order chi connectivity index (χ1) is 24.1. The molecule has 10 nitrogen and oxygen atoms in total. The van der Waals surface area contributed by atoms with Gasteiger partial charge in [0.2, 0.25) is 12.7 Å². The molecule has 2 aliphatic rings. The second-order valence-corrected chi connectivity index (χ2v) is 12.1. The molecule has 7 rings (SSSR count). The van der Waals surface area contributed by atoms with Crippen LogP contribution < -0.4 is 19.1 Å². The summed E-state index contributed by atoms with van der Waals surface area (Å²) in [5.41, 5.74) is 2.41. The fraction of sp³-hybridized carbons (Fsp3) is 0.270. The van der Waals surface area contributed by atoms with Crippen LogP contribution in [0.4, 0.5) is 18.9 Å². The van der Waals surface area contributed by atoms with E-state index in [1.807, 2.05) is 58.9 Å². The second kappa shape index (κ2) is 13.4. The SMILES string of the molecule is CCn1c(C(=O)N2CCN(Cc3ccc4c(c3)OCO4)CC2)cc2cc(Oc3ccc(N(C)C(=O)c4ccc(C(F)(F)F)cc4)cn3)ccc21. The second-order valence-electron chi connectivity index (χ2n) is 12.1. The highest BCUT2D eigenvalue weighted by molar-refractivity contribution is 6.05. The van der Waals surface area contributed by atoms with E-state index in [1.165, 1.54) is 18.1 Å². The molecule has 2 aliphatic heterocycles. The lowest BCUT2D eigenvalue weighted by molar-refractivity contribution is -0.137. The molecule has 5 aromatic rings. The van der Waals surface area contributed by atoms with Crippen molar-refractivity contribution >= 4 is 28.4 Å². The number of rotatable bonds is 8. The summed E-state index contributed by atoms with van der Waals surface area (Å²) < 4.78 is 57.7. The molecular formula is C37H34F3N5O5. The fourth-order valence-corrected chi connectivity index (χ4v) is 6.26. The molecule has 0 saturated carbocycles. The third kappa shape index (κ3) is 6.68. The monoisotopic (exact) mass is 685 g/mol. The Bertz CT molecular complexity index is 2040. The quantitative estimate of drug-likeness (QED) is 0.177. The van der Waals surface area contributed by atoms with Crippen LogP contribution in [0.5, 0.6) is 23.1 Å². The van der Waals surface area contributed by atoms with Crippen molar-refractivity contribution in [3.8, 4) is 23.1 Å². The van der Waals surface area contributed by atoms with Gasteiger partial charge < -0.3 is 28.6 Å². The van der Waals surface area contributed by atoms with Crippen molar-refractivity contribution in [1.82, 2.24) is 19.4 Å². The first-order valence-corrected chi connectivity index (χ1v) is 16.2. The highest BCUT2D eigenvalue weighted by Crippen LogP contribution is 2.34. The zero-order valence-corrected chi connectivity index (χ0v) is 27.4. The van der Waals surface area contributed by atoms with Crippen LogP contribution in [0.2, 0.25) is 0 Å². The van der Waals surface area contributed by atoms with Gasteiger partial charge in [0, 0.05) is 68.8 Å². The third-order valence-electron chi connectivity index (χ3n) is 9.01. The number of aromatic nitrogens is 2. The Hall–Kier alpha value is -5.56. The van der Waals surface area contributed by atoms with E-state index in [2.05, 4.69) is 9.88 Å². The number of pyridine rings is 1. The molecule has 50 heavy (non-hydrogen) atoms. The summed E-state index contributed by atoms with van der Waals surface area (Å²) in [4.78, 5) is 36.5. The summed E-state index contributed by atoms with van der Waals surface area (Å²) in [5.74, 6) is 1.85. The number of benzene rings is 3. The Morgan fingerprint density at radius 3 is 2.36 bits per heavy atom. The maximum absolute atomic E-state index is 13.7. The van der Waals surface area contributed by atoms with Crippen molar-refractivity contribution in [3.63, 3.8) is 0 Å². The summed E-state index contributed by atoms with van der Waals surface area (Å²) in [5, 5.41) is 0.854. The lowest BCUT2D eigenvalue weighted by atomic mass is 10.1. The minimum atomic E-state index is -4.48. The van der Waals surface area contributed by atoms with Gasteiger partial charge in [-0.3, -0.25) is 14.5 Å². The Labute approximate surface area is 286 Å². The molecular weight excluding hydrogens is 651 g/mol. The summed E-state index contributed by atoms with van der Waals surface area (Å²) in [7, 11) is 1.52. The molecule has 13 heteroatoms. The standard InChI is InChI=1S/C37H34F3N5O5/c1-3-45-30-11-10-29(50-34-13-9-28(21-41-34)42(2)35(46)25-5-7-27(8-6-25)37(38,39)40)19-26(30)20-31(45)36(47)44-16-14-43(15-17-44)22-24-4-12-32-33(18-24)49-23-48-32/h4-13,18-21H,3,14-17,22-23H2,1-2H3. The van der Waals surface area contributed by atoms with Crippen molar-refractivity contribution in [1.29, 1.82) is 0 Å². The van der Waals surface area contributed by atoms with Crippen molar-refractivity contribution in [2.24, 2.45) is 0 Å². The molecule has 0 atom stereocenters. The van der Waals surface area contributed by atoms with Crippen LogP contribution >= 0.6 is 0 Å². The number of anilines is 1. The number of alkyl halides is 3. The van der Waals surface area contributed by atoms with E-state index in [1.54, 1.807) is 12.1 Å². The number of nitrogens with zero attached hydrogens (tertiary/aromatic N) is 5. The number of hydrogen-bond donors (Lipinski definition) is 0. The largest absolute Gasteiger partial charge is 0.454 e. The molecule has 0 aliphatic carbocycles. The predicted molar refractivity (Wildman–Crippen MR) is 180 cm³/mol. The van der Waals surface area contributed by atoms with Gasteiger partial charge in [-0.15, -0.1) is 0 Å². The van der Waals surface area contributed by atoms with E-state index in [4.69, 9.17) is 14.2 Å². The van der Waals surface area contributed by atoms with Crippen molar-refractivity contribution in [2.45, 2.75) is 26.2 Å². The number of aryl methyl sites for hydroxylation is 1. The van der Waals surface area contributed by atoms with Crippen LogP contribution in [-0.2, 0) is 19.3 Å². The Balaban J connectivity index is 0.985. The number of halogens is 3. The molecule has 3 aromatic carbocycles. The highest BCUT2D eigenvalue weighted by atomic mass is 19.4. The average Bonchev–Trinajstić information content (AvgIpc) is 3.75. The molecule has 258 valence electrons. The van der Waals surface area contributed by atoms with E-state index < -0.39 is 17.6 Å². The molecule has 0 N–H and O–H groups in total. The average molecular weight is 686 g/mol. The molecule has 0 unspecified atom stereocenters. The van der Waals surface area contributed by atoms with Crippen LogP contribution in [0.3, 0.4) is 0 Å². The molecule has 2 amide bonds. The Morgan fingerprint density at radius 1 is 0.900 bits per heavy atom. The summed E-state index contributed by atoms with van der Waals surface area (Å²) in [6.45, 7) is 6.41. The number of carbonyl (C=O) groups excluding carboxylic acids is 2. The van der Waals surface area contributed by atoms with Gasteiger partial charge in [-0.2, -0.15) is 13.2 Å². The predicted octanol–water partition coefficient (Wildman–Crippen LogP) is 6.83. The van der Waals surface area contributed by atoms with E-state index in [9.17, 15) is 22.8 Å². The van der Waals surface area contributed by atoms with Gasteiger partial charge in [-0.05, 0) is 79.2 Å². The topological polar surface area (TPSA) is 89.4 Å². The Kier molecular flexibility index (Phi) is 8.83. The summed E-state index contributed by atoms with van der Waals surface area (Å²) in [6.07, 6.45) is -3.03. The highest BCUT2D eigenvalue weighted by Gasteiger charge is 2.30. The number of carbonyl (C=O) groups is 2. The minimum Gasteiger partial charge on any atom is -0.454 e. The molecule has 4 heterocycles. The molecule has 0 bridgehead atoms. The van der Waals surface area contributed by atoms with Gasteiger partial charge in [0.25, 0.3) is 11.8 Å². The maximum atomic E-state index is 13.7. The zero-order chi connectivity index (χ0) is 35.0. The summed E-state index contributed by atoms with van der Waals surface area (Å²) >= 11 is 0.